The summed E-state index contributed by atoms with van der Waals surface area (Å²) in [4.78, 5) is 39.2. The Bertz CT molecular complexity index is 1110. The van der Waals surface area contributed by atoms with Crippen LogP contribution in [-0.4, -0.2) is 66.4 Å². The van der Waals surface area contributed by atoms with Gasteiger partial charge in [0, 0.05) is 19.0 Å². The molecule has 1 unspecified atom stereocenters. The second-order valence-electron chi connectivity index (χ2n) is 9.92. The van der Waals surface area contributed by atoms with Gasteiger partial charge in [-0.15, -0.1) is 0 Å². The molecule has 8 heteroatoms. The summed E-state index contributed by atoms with van der Waals surface area (Å²) in [5.41, 5.74) is 2.47. The second-order valence-corrected chi connectivity index (χ2v) is 9.92. The van der Waals surface area contributed by atoms with Gasteiger partial charge in [0.1, 0.15) is 6.61 Å². The first-order valence-electron chi connectivity index (χ1n) is 12.1. The van der Waals surface area contributed by atoms with Gasteiger partial charge in [-0.05, 0) is 42.0 Å². The highest BCUT2D eigenvalue weighted by atomic mass is 16.5. The molecule has 0 aromatic heterocycles. The molecule has 2 N–H and O–H groups in total. The highest BCUT2D eigenvalue weighted by molar-refractivity contribution is 5.86. The molecule has 1 heterocycles. The van der Waals surface area contributed by atoms with Gasteiger partial charge in [0.05, 0.1) is 18.6 Å². The average Bonchev–Trinajstić information content (AvgIpc) is 3.15. The fourth-order valence-corrected chi connectivity index (χ4v) is 5.47. The molecule has 1 saturated carbocycles. The predicted molar refractivity (Wildman–Crippen MR) is 128 cm³/mol. The van der Waals surface area contributed by atoms with Crippen LogP contribution in [-0.2, 0) is 19.1 Å². The molecule has 0 bridgehead atoms. The number of alkyl carbamates (subject to hydrolysis) is 1. The molecule has 1 atom stereocenters. The second kappa shape index (κ2) is 9.00. The zero-order valence-corrected chi connectivity index (χ0v) is 19.8. The van der Waals surface area contributed by atoms with E-state index in [0.717, 1.165) is 28.7 Å². The van der Waals surface area contributed by atoms with Crippen LogP contribution in [0.25, 0.3) is 11.1 Å². The van der Waals surface area contributed by atoms with Crippen molar-refractivity contribution in [2.24, 2.45) is 5.41 Å². The van der Waals surface area contributed by atoms with Crippen molar-refractivity contribution in [3.05, 3.63) is 59.7 Å². The van der Waals surface area contributed by atoms with Crippen LogP contribution in [0, 0.1) is 5.41 Å². The first-order chi connectivity index (χ1) is 16.8. The number of aliphatic carboxylic acids is 1. The molecule has 0 spiro atoms. The fourth-order valence-electron chi connectivity index (χ4n) is 5.47. The van der Waals surface area contributed by atoms with Crippen molar-refractivity contribution in [3.63, 3.8) is 0 Å². The molecule has 5 rings (SSSR count). The maximum absolute atomic E-state index is 13.4. The molecule has 35 heavy (non-hydrogen) atoms. The molecule has 0 radical (unpaired) electrons. The Balaban J connectivity index is 1.20. The zero-order valence-electron chi connectivity index (χ0n) is 19.8. The van der Waals surface area contributed by atoms with Gasteiger partial charge in [-0.2, -0.15) is 0 Å². The van der Waals surface area contributed by atoms with Crippen LogP contribution in [0.1, 0.15) is 43.2 Å². The van der Waals surface area contributed by atoms with Crippen molar-refractivity contribution in [1.29, 1.82) is 0 Å². The first-order valence-corrected chi connectivity index (χ1v) is 12.1. The van der Waals surface area contributed by atoms with E-state index >= 15 is 0 Å². The number of carboxylic acid groups (broad SMARTS) is 1. The lowest BCUT2D eigenvalue weighted by molar-refractivity contribution is -0.181. The van der Waals surface area contributed by atoms with E-state index in [-0.39, 0.29) is 38.1 Å². The minimum atomic E-state index is -1.42. The number of nitrogens with zero attached hydrogens (tertiary/aromatic N) is 1. The van der Waals surface area contributed by atoms with Gasteiger partial charge >= 0.3 is 12.1 Å². The number of morpholine rings is 1. The van der Waals surface area contributed by atoms with Crippen LogP contribution in [0.5, 0.6) is 0 Å². The molecule has 184 valence electrons. The number of rotatable bonds is 6. The Morgan fingerprint density at radius 2 is 1.71 bits per heavy atom. The molecule has 2 aromatic rings. The Morgan fingerprint density at radius 3 is 2.29 bits per heavy atom. The van der Waals surface area contributed by atoms with E-state index < -0.39 is 23.1 Å². The van der Waals surface area contributed by atoms with E-state index in [0.29, 0.717) is 19.4 Å². The number of ether oxygens (including phenoxy) is 2. The number of nitrogens with one attached hydrogen (secondary N) is 1. The standard InChI is InChI=1S/C27H30N2O6/c1-26(24(31)32)17-29(13-14-35-26)23(30)27(11-6-12-27)16-28-25(33)34-15-22-20-9-4-2-7-18(20)19-8-3-5-10-21(19)22/h2-5,7-10,22H,6,11-17H2,1H3,(H,28,33)(H,31,32). The Hall–Kier alpha value is -3.39. The number of benzene rings is 2. The fraction of sp³-hybridized carbons (Fsp3) is 0.444. The van der Waals surface area contributed by atoms with Crippen LogP contribution in [0.4, 0.5) is 4.79 Å². The van der Waals surface area contributed by atoms with Crippen molar-refractivity contribution in [3.8, 4) is 11.1 Å². The Morgan fingerprint density at radius 1 is 1.09 bits per heavy atom. The van der Waals surface area contributed by atoms with E-state index in [1.54, 1.807) is 4.90 Å². The molecule has 2 fully saturated rings. The Labute approximate surface area is 204 Å². The SMILES string of the molecule is CC1(C(=O)O)CN(C(=O)C2(CNC(=O)OCC3c4ccccc4-c4ccccc43)CCC2)CCO1. The van der Waals surface area contributed by atoms with Crippen molar-refractivity contribution in [1.82, 2.24) is 10.2 Å². The van der Waals surface area contributed by atoms with E-state index in [9.17, 15) is 19.5 Å². The quantitative estimate of drug-likeness (QED) is 0.659. The van der Waals surface area contributed by atoms with Crippen molar-refractivity contribution in [2.75, 3.05) is 32.8 Å². The summed E-state index contributed by atoms with van der Waals surface area (Å²) < 4.78 is 11.0. The summed E-state index contributed by atoms with van der Waals surface area (Å²) >= 11 is 0. The third-order valence-corrected chi connectivity index (χ3v) is 7.69. The van der Waals surface area contributed by atoms with E-state index in [1.807, 2.05) is 24.3 Å². The van der Waals surface area contributed by atoms with Crippen LogP contribution < -0.4 is 5.32 Å². The van der Waals surface area contributed by atoms with Crippen molar-refractivity contribution < 1.29 is 29.0 Å². The summed E-state index contributed by atoms with van der Waals surface area (Å²) in [5, 5.41) is 12.3. The normalized spacial score (nSPS) is 22.5. The van der Waals surface area contributed by atoms with E-state index in [2.05, 4.69) is 29.6 Å². The van der Waals surface area contributed by atoms with Gasteiger partial charge in [0.2, 0.25) is 5.91 Å². The number of fused-ring (bicyclic) bond motifs is 3. The highest BCUT2D eigenvalue weighted by Gasteiger charge is 2.50. The van der Waals surface area contributed by atoms with Crippen molar-refractivity contribution >= 4 is 18.0 Å². The summed E-state index contributed by atoms with van der Waals surface area (Å²) in [6.45, 7) is 2.37. The number of amides is 2. The average molecular weight is 479 g/mol. The molecule has 8 nitrogen and oxygen atoms in total. The van der Waals surface area contributed by atoms with Crippen molar-refractivity contribution in [2.45, 2.75) is 37.7 Å². The lowest BCUT2D eigenvalue weighted by atomic mass is 9.67. The lowest BCUT2D eigenvalue weighted by Crippen LogP contribution is -2.61. The smallest absolute Gasteiger partial charge is 0.407 e. The van der Waals surface area contributed by atoms with Crippen LogP contribution in [0.2, 0.25) is 0 Å². The number of carboxylic acids is 1. The summed E-state index contributed by atoms with van der Waals surface area (Å²) in [7, 11) is 0. The molecule has 2 aromatic carbocycles. The molecule has 3 aliphatic rings. The van der Waals surface area contributed by atoms with E-state index in [1.165, 1.54) is 6.92 Å². The number of carbonyl (C=O) groups excluding carboxylic acids is 2. The van der Waals surface area contributed by atoms with Gasteiger partial charge in [0.25, 0.3) is 0 Å². The first kappa shape index (κ1) is 23.4. The highest BCUT2D eigenvalue weighted by Crippen LogP contribution is 2.45. The van der Waals surface area contributed by atoms with E-state index in [4.69, 9.17) is 9.47 Å². The molecule has 1 saturated heterocycles. The zero-order chi connectivity index (χ0) is 24.6. The minimum Gasteiger partial charge on any atom is -0.479 e. The maximum atomic E-state index is 13.4. The lowest BCUT2D eigenvalue weighted by Gasteiger charge is -2.46. The summed E-state index contributed by atoms with van der Waals surface area (Å²) in [6, 6.07) is 16.3. The third kappa shape index (κ3) is 4.16. The van der Waals surface area contributed by atoms with Gasteiger partial charge in [-0.25, -0.2) is 9.59 Å². The Kier molecular flexibility index (Phi) is 6.01. The monoisotopic (exact) mass is 478 g/mol. The minimum absolute atomic E-state index is 0.00609. The summed E-state index contributed by atoms with van der Waals surface area (Å²) in [5.74, 6) is -1.25. The van der Waals surface area contributed by atoms with Crippen LogP contribution >= 0.6 is 0 Å². The largest absolute Gasteiger partial charge is 0.479 e. The number of carbonyl (C=O) groups is 3. The van der Waals surface area contributed by atoms with Gasteiger partial charge in [-0.1, -0.05) is 55.0 Å². The molecule has 2 amide bonds. The molecule has 1 aliphatic heterocycles. The molecular weight excluding hydrogens is 448 g/mol. The molecule has 2 aliphatic carbocycles. The summed E-state index contributed by atoms with van der Waals surface area (Å²) in [6.07, 6.45) is 1.63. The van der Waals surface area contributed by atoms with Crippen LogP contribution in [0.3, 0.4) is 0 Å². The predicted octanol–water partition coefficient (Wildman–Crippen LogP) is 3.40. The van der Waals surface area contributed by atoms with Gasteiger partial charge in [-0.3, -0.25) is 4.79 Å². The number of hydrogen-bond acceptors (Lipinski definition) is 5. The topological polar surface area (TPSA) is 105 Å². The van der Waals surface area contributed by atoms with Crippen LogP contribution in [0.15, 0.2) is 48.5 Å². The maximum Gasteiger partial charge on any atom is 0.407 e. The van der Waals surface area contributed by atoms with Gasteiger partial charge in [0.15, 0.2) is 5.60 Å². The third-order valence-electron chi connectivity index (χ3n) is 7.69. The molecular formula is C27H30N2O6. The van der Waals surface area contributed by atoms with Gasteiger partial charge < -0.3 is 24.8 Å². The number of hydrogen-bond donors (Lipinski definition) is 2.